The number of carbonyl (C=O) groups is 2. The van der Waals surface area contributed by atoms with Gasteiger partial charge in [0.1, 0.15) is 5.82 Å². The average Bonchev–Trinajstić information content (AvgIpc) is 2.78. The van der Waals surface area contributed by atoms with Crippen molar-refractivity contribution in [3.05, 3.63) is 78.0 Å². The third kappa shape index (κ3) is 6.53. The number of aryl methyl sites for hydroxylation is 1. The zero-order chi connectivity index (χ0) is 24.7. The standard InChI is InChI=1S/C22H22N6O5S/c23-22(24)27-16-6-1-4-15(12-16)21(31)26-17-7-2-8-18(13-17)34(32,33)28-20-14(5-3-11-25-20)9-10-19(29)30/h1-8,11-13H,9-10H2,(H,25,28)(H,26,31)(H,29,30)(H4,23,24,27). The van der Waals surface area contributed by atoms with Crippen LogP contribution in [0.3, 0.4) is 0 Å². The number of pyridine rings is 1. The van der Waals surface area contributed by atoms with E-state index in [-0.39, 0.29) is 40.8 Å². The highest BCUT2D eigenvalue weighted by atomic mass is 32.2. The van der Waals surface area contributed by atoms with Crippen LogP contribution in [-0.2, 0) is 21.2 Å². The molecule has 0 aliphatic carbocycles. The number of hydrogen-bond donors (Lipinski definition) is 5. The van der Waals surface area contributed by atoms with Crippen molar-refractivity contribution in [1.29, 1.82) is 0 Å². The van der Waals surface area contributed by atoms with E-state index in [1.807, 2.05) is 0 Å². The molecule has 0 spiro atoms. The molecule has 7 N–H and O–H groups in total. The molecular formula is C22H22N6O5S. The molecule has 0 unspecified atom stereocenters. The number of aliphatic carboxylic acids is 1. The third-order valence-electron chi connectivity index (χ3n) is 4.50. The number of carboxylic acid groups (broad SMARTS) is 1. The number of carboxylic acids is 1. The van der Waals surface area contributed by atoms with E-state index in [1.54, 1.807) is 30.3 Å². The Morgan fingerprint density at radius 1 is 1.03 bits per heavy atom. The second-order valence-electron chi connectivity index (χ2n) is 7.08. The Morgan fingerprint density at radius 2 is 1.79 bits per heavy atom. The molecule has 1 heterocycles. The fraction of sp³-hybridized carbons (Fsp3) is 0.0909. The van der Waals surface area contributed by atoms with Gasteiger partial charge in [0, 0.05) is 23.9 Å². The second kappa shape index (κ2) is 10.4. The van der Waals surface area contributed by atoms with Gasteiger partial charge in [0.15, 0.2) is 5.96 Å². The molecule has 12 heteroatoms. The summed E-state index contributed by atoms with van der Waals surface area (Å²) in [6, 6.07) is 15.1. The van der Waals surface area contributed by atoms with Gasteiger partial charge in [-0.1, -0.05) is 18.2 Å². The predicted octanol–water partition coefficient (Wildman–Crippen LogP) is 2.06. The molecule has 34 heavy (non-hydrogen) atoms. The van der Waals surface area contributed by atoms with Gasteiger partial charge in [-0.3, -0.25) is 14.3 Å². The molecule has 1 aromatic heterocycles. The molecule has 0 aliphatic rings. The van der Waals surface area contributed by atoms with Crippen molar-refractivity contribution in [1.82, 2.24) is 4.98 Å². The molecule has 11 nitrogen and oxygen atoms in total. The van der Waals surface area contributed by atoms with Crippen molar-refractivity contribution < 1.29 is 23.1 Å². The summed E-state index contributed by atoms with van der Waals surface area (Å²) in [5.74, 6) is -1.61. The van der Waals surface area contributed by atoms with Crippen LogP contribution in [0.4, 0.5) is 17.2 Å². The smallest absolute Gasteiger partial charge is 0.303 e. The monoisotopic (exact) mass is 482 g/mol. The number of aliphatic imine (C=N–C) groups is 1. The normalized spacial score (nSPS) is 10.8. The maximum Gasteiger partial charge on any atom is 0.303 e. The molecule has 0 radical (unpaired) electrons. The molecule has 0 saturated heterocycles. The van der Waals surface area contributed by atoms with Crippen molar-refractivity contribution in [2.75, 3.05) is 10.0 Å². The molecule has 3 rings (SSSR count). The number of aromatic nitrogens is 1. The number of rotatable bonds is 9. The summed E-state index contributed by atoms with van der Waals surface area (Å²) in [5.41, 5.74) is 12.1. The van der Waals surface area contributed by atoms with Gasteiger partial charge < -0.3 is 21.9 Å². The summed E-state index contributed by atoms with van der Waals surface area (Å²) in [5, 5.41) is 11.5. The number of nitrogens with zero attached hydrogens (tertiary/aromatic N) is 2. The first-order chi connectivity index (χ1) is 16.1. The Kier molecular flexibility index (Phi) is 7.43. The minimum Gasteiger partial charge on any atom is -0.481 e. The van der Waals surface area contributed by atoms with E-state index < -0.39 is 21.9 Å². The van der Waals surface area contributed by atoms with Crippen LogP contribution < -0.4 is 21.5 Å². The number of hydrogen-bond acceptors (Lipinski definition) is 6. The Hall–Kier alpha value is -4.45. The number of carbonyl (C=O) groups excluding carboxylic acids is 1. The van der Waals surface area contributed by atoms with Crippen molar-refractivity contribution in [2.24, 2.45) is 16.5 Å². The fourth-order valence-electron chi connectivity index (χ4n) is 2.97. The minimum absolute atomic E-state index is 0.0368. The van der Waals surface area contributed by atoms with Crippen LogP contribution in [-0.4, -0.2) is 36.3 Å². The van der Waals surface area contributed by atoms with Gasteiger partial charge in [0.2, 0.25) is 0 Å². The zero-order valence-corrected chi connectivity index (χ0v) is 18.6. The van der Waals surface area contributed by atoms with Crippen LogP contribution in [0, 0.1) is 0 Å². The van der Waals surface area contributed by atoms with E-state index >= 15 is 0 Å². The number of nitrogens with two attached hydrogens (primary N) is 2. The summed E-state index contributed by atoms with van der Waals surface area (Å²) < 4.78 is 28.2. The third-order valence-corrected chi connectivity index (χ3v) is 5.84. The summed E-state index contributed by atoms with van der Waals surface area (Å²) in [4.78, 5) is 31.3. The first-order valence-corrected chi connectivity index (χ1v) is 11.4. The maximum absolute atomic E-state index is 12.9. The molecule has 1 amide bonds. The van der Waals surface area contributed by atoms with Gasteiger partial charge in [0.25, 0.3) is 15.9 Å². The SMILES string of the molecule is NC(N)=Nc1cccc(C(=O)Nc2cccc(S(=O)(=O)Nc3ncccc3CCC(=O)O)c2)c1. The minimum atomic E-state index is -4.07. The van der Waals surface area contributed by atoms with E-state index in [0.717, 1.165) is 0 Å². The van der Waals surface area contributed by atoms with Gasteiger partial charge in [-0.05, 0) is 54.4 Å². The van der Waals surface area contributed by atoms with Crippen LogP contribution in [0.2, 0.25) is 0 Å². The number of amides is 1. The van der Waals surface area contributed by atoms with Gasteiger partial charge in [-0.2, -0.15) is 0 Å². The maximum atomic E-state index is 12.9. The van der Waals surface area contributed by atoms with E-state index in [1.165, 1.54) is 36.5 Å². The lowest BCUT2D eigenvalue weighted by atomic mass is 10.1. The molecule has 0 saturated carbocycles. The van der Waals surface area contributed by atoms with Gasteiger partial charge in [-0.15, -0.1) is 0 Å². The average molecular weight is 483 g/mol. The van der Waals surface area contributed by atoms with Gasteiger partial charge in [-0.25, -0.2) is 18.4 Å². The lowest BCUT2D eigenvalue weighted by Crippen LogP contribution is -2.22. The molecular weight excluding hydrogens is 460 g/mol. The van der Waals surface area contributed by atoms with Crippen LogP contribution in [0.15, 0.2) is 76.7 Å². The second-order valence-corrected chi connectivity index (χ2v) is 8.76. The number of sulfonamides is 1. The van der Waals surface area contributed by atoms with Gasteiger partial charge in [0.05, 0.1) is 10.6 Å². The molecule has 0 fully saturated rings. The number of nitrogens with one attached hydrogen (secondary N) is 2. The molecule has 176 valence electrons. The Bertz CT molecular complexity index is 1350. The Labute approximate surface area is 195 Å². The van der Waals surface area contributed by atoms with Crippen molar-refractivity contribution in [3.8, 4) is 0 Å². The predicted molar refractivity (Wildman–Crippen MR) is 127 cm³/mol. The molecule has 0 atom stereocenters. The highest BCUT2D eigenvalue weighted by molar-refractivity contribution is 7.92. The first kappa shape index (κ1) is 24.2. The lowest BCUT2D eigenvalue weighted by Gasteiger charge is -2.12. The van der Waals surface area contributed by atoms with Crippen LogP contribution in [0.25, 0.3) is 0 Å². The summed E-state index contributed by atoms with van der Waals surface area (Å²) in [6.45, 7) is 0. The van der Waals surface area contributed by atoms with E-state index in [9.17, 15) is 18.0 Å². The highest BCUT2D eigenvalue weighted by Crippen LogP contribution is 2.22. The Balaban J connectivity index is 1.79. The lowest BCUT2D eigenvalue weighted by molar-refractivity contribution is -0.136. The van der Waals surface area contributed by atoms with Crippen LogP contribution in [0.5, 0.6) is 0 Å². The van der Waals surface area contributed by atoms with E-state index in [4.69, 9.17) is 16.6 Å². The largest absolute Gasteiger partial charge is 0.481 e. The van der Waals surface area contributed by atoms with Gasteiger partial charge >= 0.3 is 5.97 Å². The zero-order valence-electron chi connectivity index (χ0n) is 17.8. The number of guanidine groups is 1. The van der Waals surface area contributed by atoms with E-state index in [2.05, 4.69) is 20.0 Å². The van der Waals surface area contributed by atoms with Crippen LogP contribution in [0.1, 0.15) is 22.3 Å². The quantitative estimate of drug-likeness (QED) is 0.226. The van der Waals surface area contributed by atoms with E-state index in [0.29, 0.717) is 11.3 Å². The van der Waals surface area contributed by atoms with Crippen molar-refractivity contribution in [2.45, 2.75) is 17.7 Å². The topological polar surface area (TPSA) is 190 Å². The molecule has 3 aromatic rings. The number of anilines is 2. The summed E-state index contributed by atoms with van der Waals surface area (Å²) in [7, 11) is -4.07. The Morgan fingerprint density at radius 3 is 2.53 bits per heavy atom. The molecule has 0 aliphatic heterocycles. The fourth-order valence-corrected chi connectivity index (χ4v) is 4.07. The number of benzene rings is 2. The van der Waals surface area contributed by atoms with Crippen LogP contribution >= 0.6 is 0 Å². The summed E-state index contributed by atoms with van der Waals surface area (Å²) >= 11 is 0. The highest BCUT2D eigenvalue weighted by Gasteiger charge is 2.18. The molecule has 2 aromatic carbocycles. The van der Waals surface area contributed by atoms with Crippen molar-refractivity contribution in [3.63, 3.8) is 0 Å². The first-order valence-electron chi connectivity index (χ1n) is 9.93. The summed E-state index contributed by atoms with van der Waals surface area (Å²) in [6.07, 6.45) is 1.33. The van der Waals surface area contributed by atoms with Crippen molar-refractivity contribution >= 4 is 45.1 Å². The molecule has 0 bridgehead atoms.